The number of ether oxygens (including phenoxy) is 1. The van der Waals surface area contributed by atoms with Gasteiger partial charge in [0, 0.05) is 31.7 Å². The van der Waals surface area contributed by atoms with Crippen LogP contribution in [0.25, 0.3) is 0 Å². The smallest absolute Gasteiger partial charge is 0.412 e. The highest BCUT2D eigenvalue weighted by molar-refractivity contribution is 14.0. The van der Waals surface area contributed by atoms with Gasteiger partial charge in [-0.25, -0.2) is 9.78 Å². The Balaban J connectivity index is 0.00000480. The summed E-state index contributed by atoms with van der Waals surface area (Å²) in [4.78, 5) is 19.8. The molecule has 1 heterocycles. The number of halogens is 3. The van der Waals surface area contributed by atoms with E-state index in [0.717, 1.165) is 10.1 Å². The van der Waals surface area contributed by atoms with Gasteiger partial charge in [0.25, 0.3) is 0 Å². The minimum Gasteiger partial charge on any atom is -0.444 e. The van der Waals surface area contributed by atoms with E-state index in [0.29, 0.717) is 24.6 Å². The quantitative estimate of drug-likeness (QED) is 0.274. The summed E-state index contributed by atoms with van der Waals surface area (Å²) in [6.07, 6.45) is 2.78. The van der Waals surface area contributed by atoms with Crippen LogP contribution in [0.5, 0.6) is 0 Å². The number of nitrogens with zero attached hydrogens (tertiary/aromatic N) is 3. The van der Waals surface area contributed by atoms with E-state index in [9.17, 15) is 13.6 Å². The lowest BCUT2D eigenvalue weighted by Gasteiger charge is -2.19. The van der Waals surface area contributed by atoms with Crippen molar-refractivity contribution in [1.82, 2.24) is 20.2 Å². The molecule has 0 atom stereocenters. The fourth-order valence-electron chi connectivity index (χ4n) is 2.54. The van der Waals surface area contributed by atoms with Crippen molar-refractivity contribution in [3.63, 3.8) is 0 Å². The standard InChI is InChI=1S/C20H28F2N6O2.HI/c1-20(2,3)30-19(29)27-15-7-5-14(6-8-15)9-10-25-18(23-4)26-13-16-24-11-12-28(16)17(21)22;/h5-8,11-12,17H,9-10,13H2,1-4H3,(H,27,29)(H2,23,25,26);1H. The van der Waals surface area contributed by atoms with Gasteiger partial charge in [0.15, 0.2) is 5.96 Å². The van der Waals surface area contributed by atoms with Crippen LogP contribution in [-0.4, -0.2) is 40.8 Å². The Bertz CT molecular complexity index is 850. The molecule has 1 amide bonds. The Kier molecular flexibility index (Phi) is 10.7. The summed E-state index contributed by atoms with van der Waals surface area (Å²) in [5.74, 6) is 0.711. The number of benzene rings is 1. The van der Waals surface area contributed by atoms with Gasteiger partial charge in [-0.2, -0.15) is 8.78 Å². The third-order valence-electron chi connectivity index (χ3n) is 3.90. The number of hydrogen-bond donors (Lipinski definition) is 3. The minimum absolute atomic E-state index is 0. The molecule has 2 rings (SSSR count). The molecule has 2 aromatic rings. The van der Waals surface area contributed by atoms with Gasteiger partial charge in [0.2, 0.25) is 0 Å². The second-order valence-electron chi connectivity index (χ2n) is 7.45. The van der Waals surface area contributed by atoms with Crippen LogP contribution in [0.3, 0.4) is 0 Å². The van der Waals surface area contributed by atoms with Crippen molar-refractivity contribution in [1.29, 1.82) is 0 Å². The largest absolute Gasteiger partial charge is 0.444 e. The predicted octanol–water partition coefficient (Wildman–Crippen LogP) is 4.15. The predicted molar refractivity (Wildman–Crippen MR) is 127 cm³/mol. The third kappa shape index (κ3) is 9.49. The van der Waals surface area contributed by atoms with E-state index in [1.165, 1.54) is 12.4 Å². The number of imidazole rings is 1. The highest BCUT2D eigenvalue weighted by Crippen LogP contribution is 2.13. The SMILES string of the molecule is CN=C(NCCc1ccc(NC(=O)OC(C)(C)C)cc1)NCc1nccn1C(F)F.I. The Labute approximate surface area is 197 Å². The number of guanidine groups is 1. The van der Waals surface area contributed by atoms with Gasteiger partial charge in [-0.15, -0.1) is 24.0 Å². The Morgan fingerprint density at radius 2 is 1.90 bits per heavy atom. The first-order valence-electron chi connectivity index (χ1n) is 9.51. The Morgan fingerprint density at radius 1 is 1.23 bits per heavy atom. The minimum atomic E-state index is -2.63. The number of hydrogen-bond acceptors (Lipinski definition) is 4. The molecule has 0 saturated carbocycles. The van der Waals surface area contributed by atoms with Crippen molar-refractivity contribution >= 4 is 41.7 Å². The second-order valence-corrected chi connectivity index (χ2v) is 7.45. The van der Waals surface area contributed by atoms with Gasteiger partial charge in [-0.1, -0.05) is 12.1 Å². The number of rotatable bonds is 7. The number of aromatic nitrogens is 2. The van der Waals surface area contributed by atoms with E-state index in [-0.39, 0.29) is 36.3 Å². The molecule has 0 aliphatic rings. The maximum Gasteiger partial charge on any atom is 0.412 e. The number of alkyl halides is 2. The summed E-state index contributed by atoms with van der Waals surface area (Å²) in [6, 6.07) is 7.42. The van der Waals surface area contributed by atoms with Crippen LogP contribution in [0.4, 0.5) is 19.3 Å². The van der Waals surface area contributed by atoms with Gasteiger partial charge >= 0.3 is 12.6 Å². The first-order valence-corrected chi connectivity index (χ1v) is 9.51. The van der Waals surface area contributed by atoms with Crippen LogP contribution >= 0.6 is 24.0 Å². The monoisotopic (exact) mass is 550 g/mol. The van der Waals surface area contributed by atoms with Crippen LogP contribution in [0.15, 0.2) is 41.7 Å². The van der Waals surface area contributed by atoms with Crippen molar-refractivity contribution in [2.24, 2.45) is 4.99 Å². The van der Waals surface area contributed by atoms with E-state index in [4.69, 9.17) is 4.74 Å². The Hall–Kier alpha value is -2.44. The number of carbonyl (C=O) groups is 1. The van der Waals surface area contributed by atoms with Gasteiger partial charge in [0.05, 0.1) is 6.54 Å². The average molecular weight is 550 g/mol. The van der Waals surface area contributed by atoms with Crippen molar-refractivity contribution < 1.29 is 18.3 Å². The lowest BCUT2D eigenvalue weighted by molar-refractivity contribution is 0.0634. The average Bonchev–Trinajstić information content (AvgIpc) is 3.13. The number of aliphatic imine (C=N–C) groups is 1. The Morgan fingerprint density at radius 3 is 2.48 bits per heavy atom. The molecular formula is C20H29F2IN6O2. The molecule has 0 saturated heterocycles. The lowest BCUT2D eigenvalue weighted by atomic mass is 10.1. The molecule has 11 heteroatoms. The van der Waals surface area contributed by atoms with E-state index < -0.39 is 18.2 Å². The molecule has 1 aromatic carbocycles. The fraction of sp³-hybridized carbons (Fsp3) is 0.450. The van der Waals surface area contributed by atoms with Crippen LogP contribution in [0.1, 0.15) is 38.7 Å². The normalized spacial score (nSPS) is 11.6. The van der Waals surface area contributed by atoms with Crippen LogP contribution in [-0.2, 0) is 17.7 Å². The number of amides is 1. The molecule has 0 bridgehead atoms. The second kappa shape index (κ2) is 12.4. The highest BCUT2D eigenvalue weighted by Gasteiger charge is 2.16. The first-order chi connectivity index (χ1) is 14.2. The molecule has 0 fully saturated rings. The van der Waals surface area contributed by atoms with Gasteiger partial charge < -0.3 is 15.4 Å². The molecule has 31 heavy (non-hydrogen) atoms. The molecule has 0 aliphatic carbocycles. The molecule has 0 aliphatic heterocycles. The topological polar surface area (TPSA) is 92.6 Å². The van der Waals surface area contributed by atoms with Gasteiger partial charge in [-0.3, -0.25) is 14.9 Å². The van der Waals surface area contributed by atoms with Gasteiger partial charge in [0.1, 0.15) is 11.4 Å². The molecule has 1 aromatic heterocycles. The summed E-state index contributed by atoms with van der Waals surface area (Å²) in [7, 11) is 1.60. The number of anilines is 1. The molecule has 0 spiro atoms. The number of nitrogens with one attached hydrogen (secondary N) is 3. The third-order valence-corrected chi connectivity index (χ3v) is 3.90. The number of carbonyl (C=O) groups excluding carboxylic acids is 1. The molecule has 0 unspecified atom stereocenters. The lowest BCUT2D eigenvalue weighted by Crippen LogP contribution is -2.38. The van der Waals surface area contributed by atoms with E-state index in [2.05, 4.69) is 25.9 Å². The zero-order chi connectivity index (χ0) is 22.1. The molecule has 8 nitrogen and oxygen atoms in total. The van der Waals surface area contributed by atoms with Gasteiger partial charge in [-0.05, 0) is 44.9 Å². The summed E-state index contributed by atoms with van der Waals surface area (Å²) in [5, 5.41) is 8.77. The van der Waals surface area contributed by atoms with E-state index >= 15 is 0 Å². The van der Waals surface area contributed by atoms with E-state index in [1.807, 2.05) is 12.1 Å². The molecular weight excluding hydrogens is 521 g/mol. The maximum atomic E-state index is 12.8. The van der Waals surface area contributed by atoms with Crippen LogP contribution in [0, 0.1) is 0 Å². The first kappa shape index (κ1) is 26.6. The van der Waals surface area contributed by atoms with Crippen molar-refractivity contribution in [3.8, 4) is 0 Å². The highest BCUT2D eigenvalue weighted by atomic mass is 127. The summed E-state index contributed by atoms with van der Waals surface area (Å²) >= 11 is 0. The molecule has 3 N–H and O–H groups in total. The molecule has 172 valence electrons. The van der Waals surface area contributed by atoms with Crippen molar-refractivity contribution in [3.05, 3.63) is 48.0 Å². The molecule has 0 radical (unpaired) electrons. The maximum absolute atomic E-state index is 12.8. The zero-order valence-corrected chi connectivity index (χ0v) is 20.3. The summed E-state index contributed by atoms with van der Waals surface area (Å²) in [6.45, 7) is 3.49. The van der Waals surface area contributed by atoms with Crippen LogP contribution in [0.2, 0.25) is 0 Å². The van der Waals surface area contributed by atoms with Crippen molar-refractivity contribution in [2.45, 2.75) is 45.9 Å². The van der Waals surface area contributed by atoms with Crippen molar-refractivity contribution in [2.75, 3.05) is 18.9 Å². The summed E-state index contributed by atoms with van der Waals surface area (Å²) in [5.41, 5.74) is 1.15. The van der Waals surface area contributed by atoms with Crippen LogP contribution < -0.4 is 16.0 Å². The van der Waals surface area contributed by atoms with E-state index in [1.54, 1.807) is 40.0 Å². The summed E-state index contributed by atoms with van der Waals surface area (Å²) < 4.78 is 31.7. The zero-order valence-electron chi connectivity index (χ0n) is 18.0. The fourth-order valence-corrected chi connectivity index (χ4v) is 2.54.